The van der Waals surface area contributed by atoms with E-state index in [2.05, 4.69) is 5.10 Å². The van der Waals surface area contributed by atoms with Crippen molar-refractivity contribution >= 4 is 0 Å². The number of nitrogens with zero attached hydrogens (tertiary/aromatic N) is 2. The summed E-state index contributed by atoms with van der Waals surface area (Å²) < 4.78 is 1.33. The van der Waals surface area contributed by atoms with E-state index in [-0.39, 0.29) is 11.1 Å². The number of hydrogen-bond donors (Lipinski definition) is 1. The average molecular weight is 185 g/mol. The monoisotopic (exact) mass is 185 g/mol. The number of H-pyrrole nitrogens is 1. The van der Waals surface area contributed by atoms with Crippen molar-refractivity contribution in [3.8, 4) is 11.8 Å². The smallest absolute Gasteiger partial charge is 0.289 e. The molecule has 0 aliphatic heterocycles. The highest BCUT2D eigenvalue weighted by molar-refractivity contribution is 5.33. The summed E-state index contributed by atoms with van der Waals surface area (Å²) in [5.41, 5.74) is 0.520. The minimum Gasteiger partial charge on any atom is -0.297 e. The topological polar surface area (TPSA) is 61.6 Å². The summed E-state index contributed by atoms with van der Waals surface area (Å²) >= 11 is 0. The normalized spacial score (nSPS) is 9.64. The summed E-state index contributed by atoms with van der Waals surface area (Å²) in [6, 6.07) is 10.9. The predicted octanol–water partition coefficient (Wildman–Crippen LogP) is 1.04. The quantitative estimate of drug-likeness (QED) is 0.721. The van der Waals surface area contributed by atoms with E-state index in [4.69, 9.17) is 5.26 Å². The van der Waals surface area contributed by atoms with Gasteiger partial charge in [-0.2, -0.15) is 5.26 Å². The third kappa shape index (κ3) is 1.21. The number of nitriles is 1. The van der Waals surface area contributed by atoms with Crippen molar-refractivity contribution in [1.82, 2.24) is 9.78 Å². The first-order chi connectivity index (χ1) is 6.83. The second-order valence-corrected chi connectivity index (χ2v) is 2.78. The third-order valence-electron chi connectivity index (χ3n) is 1.91. The van der Waals surface area contributed by atoms with Crippen LogP contribution in [0.1, 0.15) is 5.56 Å². The number of rotatable bonds is 1. The standard InChI is InChI=1S/C10H7N3O/c11-6-8-7-12-13(10(8)14)9-4-2-1-3-5-9/h1-5,7,12H. The van der Waals surface area contributed by atoms with Crippen LogP contribution in [0.15, 0.2) is 41.3 Å². The van der Waals surface area contributed by atoms with Crippen molar-refractivity contribution in [2.24, 2.45) is 0 Å². The molecule has 2 rings (SSSR count). The van der Waals surface area contributed by atoms with Gasteiger partial charge in [0, 0.05) is 6.20 Å². The Labute approximate surface area is 80.0 Å². The number of para-hydroxylation sites is 1. The summed E-state index contributed by atoms with van der Waals surface area (Å²) in [5, 5.41) is 11.3. The van der Waals surface area contributed by atoms with Crippen LogP contribution in [-0.4, -0.2) is 9.78 Å². The largest absolute Gasteiger partial charge is 0.297 e. The molecule has 1 N–H and O–H groups in total. The lowest BCUT2D eigenvalue weighted by Gasteiger charge is -1.98. The van der Waals surface area contributed by atoms with Crippen LogP contribution in [0.5, 0.6) is 0 Å². The molecule has 68 valence electrons. The number of benzene rings is 1. The van der Waals surface area contributed by atoms with Gasteiger partial charge in [-0.15, -0.1) is 0 Å². The van der Waals surface area contributed by atoms with Crippen molar-refractivity contribution in [2.75, 3.05) is 0 Å². The Morgan fingerprint density at radius 1 is 1.29 bits per heavy atom. The Morgan fingerprint density at radius 3 is 2.57 bits per heavy atom. The number of aromatic amines is 1. The molecule has 0 unspecified atom stereocenters. The van der Waals surface area contributed by atoms with Crippen molar-refractivity contribution in [1.29, 1.82) is 5.26 Å². The van der Waals surface area contributed by atoms with E-state index < -0.39 is 0 Å². The van der Waals surface area contributed by atoms with E-state index in [0.717, 1.165) is 5.69 Å². The fraction of sp³-hybridized carbons (Fsp3) is 0. The maximum Gasteiger partial charge on any atom is 0.289 e. The van der Waals surface area contributed by atoms with Gasteiger partial charge in [-0.25, -0.2) is 4.68 Å². The van der Waals surface area contributed by atoms with Crippen LogP contribution >= 0.6 is 0 Å². The zero-order valence-corrected chi connectivity index (χ0v) is 7.27. The van der Waals surface area contributed by atoms with E-state index in [1.165, 1.54) is 10.9 Å². The molecule has 0 fully saturated rings. The summed E-state index contributed by atoms with van der Waals surface area (Å²) in [6.07, 6.45) is 1.40. The Hall–Kier alpha value is -2.28. The highest BCUT2D eigenvalue weighted by Gasteiger charge is 2.05. The highest BCUT2D eigenvalue weighted by Crippen LogP contribution is 2.02. The Morgan fingerprint density at radius 2 is 2.00 bits per heavy atom. The molecule has 0 saturated carbocycles. The van der Waals surface area contributed by atoms with Crippen molar-refractivity contribution in [2.45, 2.75) is 0 Å². The lowest BCUT2D eigenvalue weighted by atomic mass is 10.3. The van der Waals surface area contributed by atoms with Gasteiger partial charge in [0.1, 0.15) is 11.6 Å². The van der Waals surface area contributed by atoms with Gasteiger partial charge in [-0.1, -0.05) is 18.2 Å². The van der Waals surface area contributed by atoms with E-state index >= 15 is 0 Å². The van der Waals surface area contributed by atoms with E-state index in [1.807, 2.05) is 24.3 Å². The second-order valence-electron chi connectivity index (χ2n) is 2.78. The van der Waals surface area contributed by atoms with Crippen molar-refractivity contribution < 1.29 is 0 Å². The van der Waals surface area contributed by atoms with Gasteiger partial charge in [0.15, 0.2) is 0 Å². The molecule has 0 aliphatic carbocycles. The predicted molar refractivity (Wildman–Crippen MR) is 51.1 cm³/mol. The second kappa shape index (κ2) is 3.23. The molecule has 2 aromatic rings. The first-order valence-corrected chi connectivity index (χ1v) is 4.09. The minimum atomic E-state index is -0.321. The van der Waals surface area contributed by atoms with Crippen LogP contribution in [0.4, 0.5) is 0 Å². The van der Waals surface area contributed by atoms with Crippen LogP contribution < -0.4 is 5.56 Å². The molecule has 1 heterocycles. The number of nitrogens with one attached hydrogen (secondary N) is 1. The molecular formula is C10H7N3O. The fourth-order valence-corrected chi connectivity index (χ4v) is 1.22. The summed E-state index contributed by atoms with van der Waals surface area (Å²) in [6.45, 7) is 0. The van der Waals surface area contributed by atoms with Crippen LogP contribution in [0.25, 0.3) is 5.69 Å². The molecule has 0 atom stereocenters. The van der Waals surface area contributed by atoms with Gasteiger partial charge in [0.2, 0.25) is 0 Å². The van der Waals surface area contributed by atoms with Gasteiger partial charge in [-0.05, 0) is 12.1 Å². The van der Waals surface area contributed by atoms with Gasteiger partial charge in [-0.3, -0.25) is 9.89 Å². The summed E-state index contributed by atoms with van der Waals surface area (Å²) in [4.78, 5) is 11.5. The molecule has 4 nitrogen and oxygen atoms in total. The van der Waals surface area contributed by atoms with Crippen LogP contribution in [0.3, 0.4) is 0 Å². The van der Waals surface area contributed by atoms with E-state index in [9.17, 15) is 4.79 Å². The molecule has 1 aromatic carbocycles. The Kier molecular flexibility index (Phi) is 1.92. The summed E-state index contributed by atoms with van der Waals surface area (Å²) in [5.74, 6) is 0. The van der Waals surface area contributed by atoms with Gasteiger partial charge >= 0.3 is 0 Å². The van der Waals surface area contributed by atoms with Crippen LogP contribution in [0, 0.1) is 11.3 Å². The molecule has 14 heavy (non-hydrogen) atoms. The molecule has 0 aliphatic rings. The first-order valence-electron chi connectivity index (χ1n) is 4.09. The Balaban J connectivity index is 2.61. The van der Waals surface area contributed by atoms with Crippen molar-refractivity contribution in [3.05, 3.63) is 52.4 Å². The maximum absolute atomic E-state index is 11.5. The highest BCUT2D eigenvalue weighted by atomic mass is 16.1. The molecule has 0 amide bonds. The van der Waals surface area contributed by atoms with Gasteiger partial charge < -0.3 is 0 Å². The van der Waals surface area contributed by atoms with Crippen LogP contribution in [-0.2, 0) is 0 Å². The molecule has 0 saturated heterocycles. The zero-order chi connectivity index (χ0) is 9.97. The molecule has 0 bridgehead atoms. The minimum absolute atomic E-state index is 0.119. The fourth-order valence-electron chi connectivity index (χ4n) is 1.22. The van der Waals surface area contributed by atoms with Crippen LogP contribution in [0.2, 0.25) is 0 Å². The van der Waals surface area contributed by atoms with Gasteiger partial charge in [0.25, 0.3) is 5.56 Å². The van der Waals surface area contributed by atoms with Gasteiger partial charge in [0.05, 0.1) is 5.69 Å². The molecule has 0 radical (unpaired) electrons. The molecular weight excluding hydrogens is 178 g/mol. The number of aromatic nitrogens is 2. The number of hydrogen-bond acceptors (Lipinski definition) is 2. The molecule has 4 heteroatoms. The van der Waals surface area contributed by atoms with E-state index in [1.54, 1.807) is 12.1 Å². The molecule has 0 spiro atoms. The third-order valence-corrected chi connectivity index (χ3v) is 1.91. The van der Waals surface area contributed by atoms with E-state index in [0.29, 0.717) is 0 Å². The zero-order valence-electron chi connectivity index (χ0n) is 7.27. The first kappa shape index (κ1) is 8.32. The maximum atomic E-state index is 11.5. The lowest BCUT2D eigenvalue weighted by molar-refractivity contribution is 0.849. The molecule has 1 aromatic heterocycles. The Bertz CT molecular complexity index is 530. The van der Waals surface area contributed by atoms with Crippen molar-refractivity contribution in [3.63, 3.8) is 0 Å². The average Bonchev–Trinajstić information content (AvgIpc) is 2.61. The SMILES string of the molecule is N#Cc1c[nH]n(-c2ccccc2)c1=O. The lowest BCUT2D eigenvalue weighted by Crippen LogP contribution is -2.15. The summed E-state index contributed by atoms with van der Waals surface area (Å²) in [7, 11) is 0.